The molecule has 2 rings (SSSR count). The van der Waals surface area contributed by atoms with Crippen molar-refractivity contribution in [1.29, 1.82) is 0 Å². The SMILES string of the molecule is COc1ccc([C@H](OC(=O)Nc2ccc(C)cc2)C(C)(C)CCOC(=O)CS)cc1O. The number of rotatable bonds is 9. The molecule has 0 fully saturated rings. The zero-order chi connectivity index (χ0) is 23.0. The van der Waals surface area contributed by atoms with Crippen molar-refractivity contribution in [2.24, 2.45) is 5.41 Å². The van der Waals surface area contributed by atoms with Gasteiger partial charge in [0.2, 0.25) is 0 Å². The predicted octanol–water partition coefficient (Wildman–Crippen LogP) is 4.89. The Morgan fingerprint density at radius 2 is 1.84 bits per heavy atom. The molecule has 2 aromatic rings. The van der Waals surface area contributed by atoms with Gasteiger partial charge in [-0.1, -0.05) is 37.6 Å². The van der Waals surface area contributed by atoms with E-state index in [1.54, 1.807) is 24.3 Å². The fourth-order valence-electron chi connectivity index (χ4n) is 3.04. The van der Waals surface area contributed by atoms with Crippen LogP contribution < -0.4 is 10.1 Å². The molecule has 31 heavy (non-hydrogen) atoms. The zero-order valence-electron chi connectivity index (χ0n) is 18.2. The number of hydrogen-bond donors (Lipinski definition) is 3. The fourth-order valence-corrected chi connectivity index (χ4v) is 3.14. The van der Waals surface area contributed by atoms with E-state index in [4.69, 9.17) is 14.2 Å². The molecule has 0 bridgehead atoms. The van der Waals surface area contributed by atoms with Gasteiger partial charge in [-0.3, -0.25) is 10.1 Å². The van der Waals surface area contributed by atoms with Crippen molar-refractivity contribution in [3.63, 3.8) is 0 Å². The summed E-state index contributed by atoms with van der Waals surface area (Å²) in [6, 6.07) is 12.2. The molecule has 7 nitrogen and oxygen atoms in total. The van der Waals surface area contributed by atoms with Crippen LogP contribution in [0.25, 0.3) is 0 Å². The maximum Gasteiger partial charge on any atom is 0.412 e. The summed E-state index contributed by atoms with van der Waals surface area (Å²) in [7, 11) is 1.46. The van der Waals surface area contributed by atoms with Crippen LogP contribution in [0.15, 0.2) is 42.5 Å². The third-order valence-electron chi connectivity index (χ3n) is 4.88. The number of ether oxygens (including phenoxy) is 3. The van der Waals surface area contributed by atoms with Crippen LogP contribution in [0.3, 0.4) is 0 Å². The molecule has 0 aliphatic carbocycles. The van der Waals surface area contributed by atoms with Gasteiger partial charge in [-0.2, -0.15) is 12.6 Å². The number of carbonyl (C=O) groups excluding carboxylic acids is 2. The molecule has 0 aromatic heterocycles. The van der Waals surface area contributed by atoms with E-state index < -0.39 is 23.6 Å². The molecule has 0 saturated heterocycles. The highest BCUT2D eigenvalue weighted by molar-refractivity contribution is 7.81. The highest BCUT2D eigenvalue weighted by Crippen LogP contribution is 2.42. The Labute approximate surface area is 188 Å². The summed E-state index contributed by atoms with van der Waals surface area (Å²) >= 11 is 3.90. The topological polar surface area (TPSA) is 94.1 Å². The van der Waals surface area contributed by atoms with Crippen molar-refractivity contribution in [3.8, 4) is 11.5 Å². The summed E-state index contributed by atoms with van der Waals surface area (Å²) in [5.41, 5.74) is 1.64. The Kier molecular flexibility index (Phi) is 8.62. The lowest BCUT2D eigenvalue weighted by molar-refractivity contribution is -0.141. The summed E-state index contributed by atoms with van der Waals surface area (Å²) in [4.78, 5) is 24.1. The number of aryl methyl sites for hydroxylation is 1. The van der Waals surface area contributed by atoms with E-state index in [0.29, 0.717) is 23.4 Å². The summed E-state index contributed by atoms with van der Waals surface area (Å²) in [6.45, 7) is 5.89. The van der Waals surface area contributed by atoms with Gasteiger partial charge in [0, 0.05) is 11.1 Å². The summed E-state index contributed by atoms with van der Waals surface area (Å²) in [5.74, 6) is -0.182. The Morgan fingerprint density at radius 1 is 1.16 bits per heavy atom. The molecule has 1 amide bonds. The van der Waals surface area contributed by atoms with Crippen LogP contribution in [0.4, 0.5) is 10.5 Å². The van der Waals surface area contributed by atoms with Gasteiger partial charge in [-0.25, -0.2) is 4.79 Å². The average molecular weight is 448 g/mol. The fraction of sp³-hybridized carbons (Fsp3) is 0.391. The van der Waals surface area contributed by atoms with Gasteiger partial charge < -0.3 is 19.3 Å². The van der Waals surface area contributed by atoms with Crippen LogP contribution in [0.5, 0.6) is 11.5 Å². The number of benzene rings is 2. The lowest BCUT2D eigenvalue weighted by Gasteiger charge is -2.34. The lowest BCUT2D eigenvalue weighted by Crippen LogP contribution is -2.30. The van der Waals surface area contributed by atoms with Gasteiger partial charge in [0.1, 0.15) is 6.10 Å². The zero-order valence-corrected chi connectivity index (χ0v) is 19.1. The third kappa shape index (κ3) is 7.10. The number of phenols is 1. The first kappa shape index (κ1) is 24.4. The van der Waals surface area contributed by atoms with Crippen molar-refractivity contribution < 1.29 is 28.9 Å². The molecule has 168 valence electrons. The van der Waals surface area contributed by atoms with Crippen molar-refractivity contribution in [2.45, 2.75) is 33.3 Å². The predicted molar refractivity (Wildman–Crippen MR) is 122 cm³/mol. The Balaban J connectivity index is 2.23. The lowest BCUT2D eigenvalue weighted by atomic mass is 9.79. The van der Waals surface area contributed by atoms with Crippen LogP contribution in [-0.2, 0) is 14.3 Å². The van der Waals surface area contributed by atoms with Crippen molar-refractivity contribution in [1.82, 2.24) is 0 Å². The average Bonchev–Trinajstić information content (AvgIpc) is 2.73. The maximum atomic E-state index is 12.6. The number of thiol groups is 1. The minimum atomic E-state index is -0.732. The summed E-state index contributed by atoms with van der Waals surface area (Å²) < 4.78 is 16.0. The number of anilines is 1. The van der Waals surface area contributed by atoms with E-state index in [9.17, 15) is 14.7 Å². The first-order valence-electron chi connectivity index (χ1n) is 9.84. The molecule has 0 unspecified atom stereocenters. The smallest absolute Gasteiger partial charge is 0.412 e. The molecule has 2 aromatic carbocycles. The molecular weight excluding hydrogens is 418 g/mol. The Morgan fingerprint density at radius 3 is 2.42 bits per heavy atom. The van der Waals surface area contributed by atoms with Crippen molar-refractivity contribution in [2.75, 3.05) is 24.8 Å². The molecule has 2 N–H and O–H groups in total. The number of aromatic hydroxyl groups is 1. The van der Waals surface area contributed by atoms with E-state index in [-0.39, 0.29) is 18.1 Å². The number of carbonyl (C=O) groups is 2. The number of nitrogens with one attached hydrogen (secondary N) is 1. The van der Waals surface area contributed by atoms with Gasteiger partial charge in [0.05, 0.1) is 19.5 Å². The highest BCUT2D eigenvalue weighted by atomic mass is 32.1. The number of methoxy groups -OCH3 is 1. The largest absolute Gasteiger partial charge is 0.504 e. The monoisotopic (exact) mass is 447 g/mol. The van der Waals surface area contributed by atoms with E-state index in [2.05, 4.69) is 17.9 Å². The molecule has 8 heteroatoms. The minimum Gasteiger partial charge on any atom is -0.504 e. The van der Waals surface area contributed by atoms with Crippen LogP contribution >= 0.6 is 12.6 Å². The molecule has 0 radical (unpaired) electrons. The van der Waals surface area contributed by atoms with E-state index >= 15 is 0 Å². The number of esters is 1. The standard InChI is InChI=1S/C23H29NO6S/c1-15-5-8-17(9-6-15)24-22(27)30-21(16-7-10-19(28-4)18(25)13-16)23(2,3)11-12-29-20(26)14-31/h5-10,13,21,25,31H,11-12,14H2,1-4H3,(H,24,27)/t21-/m0/s1. The van der Waals surface area contributed by atoms with Gasteiger partial charge in [0.15, 0.2) is 11.5 Å². The first-order valence-corrected chi connectivity index (χ1v) is 10.5. The number of hydrogen-bond acceptors (Lipinski definition) is 7. The van der Waals surface area contributed by atoms with Crippen LogP contribution in [0, 0.1) is 12.3 Å². The third-order valence-corrected chi connectivity index (χ3v) is 5.14. The summed E-state index contributed by atoms with van der Waals surface area (Å²) in [6.07, 6.45) is -0.948. The van der Waals surface area contributed by atoms with Gasteiger partial charge >= 0.3 is 12.1 Å². The molecule has 0 saturated carbocycles. The maximum absolute atomic E-state index is 12.6. The van der Waals surface area contributed by atoms with Gasteiger partial charge in [-0.05, 0) is 43.2 Å². The molecule has 0 spiro atoms. The normalized spacial score (nSPS) is 12.0. The first-order chi connectivity index (χ1) is 14.7. The van der Waals surface area contributed by atoms with E-state index in [0.717, 1.165) is 5.56 Å². The quantitative estimate of drug-likeness (QED) is 0.374. The van der Waals surface area contributed by atoms with E-state index in [1.807, 2.05) is 32.9 Å². The van der Waals surface area contributed by atoms with E-state index in [1.165, 1.54) is 13.2 Å². The second-order valence-corrected chi connectivity index (χ2v) is 8.14. The van der Waals surface area contributed by atoms with Crippen molar-refractivity contribution in [3.05, 3.63) is 53.6 Å². The Bertz CT molecular complexity index is 897. The van der Waals surface area contributed by atoms with Gasteiger partial charge in [-0.15, -0.1) is 0 Å². The molecular formula is C23H29NO6S. The van der Waals surface area contributed by atoms with Crippen LogP contribution in [0.2, 0.25) is 0 Å². The molecule has 0 aliphatic rings. The number of amides is 1. The second kappa shape index (κ2) is 10.9. The molecule has 0 aliphatic heterocycles. The van der Waals surface area contributed by atoms with Gasteiger partial charge in [0.25, 0.3) is 0 Å². The second-order valence-electron chi connectivity index (χ2n) is 7.82. The highest BCUT2D eigenvalue weighted by Gasteiger charge is 2.35. The van der Waals surface area contributed by atoms with Crippen molar-refractivity contribution >= 4 is 30.4 Å². The molecule has 1 atom stereocenters. The minimum absolute atomic E-state index is 0.00827. The number of phenolic OH excluding ortho intramolecular Hbond substituents is 1. The molecule has 0 heterocycles. The van der Waals surface area contributed by atoms with Crippen LogP contribution in [0.1, 0.15) is 37.5 Å². The van der Waals surface area contributed by atoms with Crippen LogP contribution in [-0.4, -0.2) is 36.6 Å². The Hall–Kier alpha value is -2.87. The summed E-state index contributed by atoms with van der Waals surface area (Å²) in [5, 5.41) is 12.9.